The smallest absolute Gasteiger partial charge is 0.416 e. The van der Waals surface area contributed by atoms with Crippen molar-refractivity contribution in [2.75, 3.05) is 61.0 Å². The number of halogens is 1. The van der Waals surface area contributed by atoms with Crippen molar-refractivity contribution in [3.63, 3.8) is 0 Å². The molecule has 1 saturated carbocycles. The van der Waals surface area contributed by atoms with Crippen molar-refractivity contribution in [2.45, 2.75) is 25.0 Å². The van der Waals surface area contributed by atoms with Gasteiger partial charge in [-0.3, -0.25) is 28.6 Å². The van der Waals surface area contributed by atoms with Crippen molar-refractivity contribution in [1.82, 2.24) is 23.8 Å². The first-order valence-corrected chi connectivity index (χ1v) is 14.8. The number of hydrogen-bond acceptors (Lipinski definition) is 11. The number of fused-ring (bicyclic) bond motifs is 3. The summed E-state index contributed by atoms with van der Waals surface area (Å²) in [4.78, 5) is 64.7. The van der Waals surface area contributed by atoms with Crippen LogP contribution < -0.4 is 30.8 Å². The lowest BCUT2D eigenvalue weighted by Gasteiger charge is -2.36. The molecule has 4 aliphatic rings. The Bertz CT molecular complexity index is 1950. The third-order valence-corrected chi connectivity index (χ3v) is 9.08. The number of carbonyl (C=O) groups is 2. The molecule has 7 heterocycles. The first-order chi connectivity index (χ1) is 20.8. The molecule has 2 amide bonds. The van der Waals surface area contributed by atoms with Gasteiger partial charge in [0.1, 0.15) is 27.8 Å². The van der Waals surface area contributed by atoms with Gasteiger partial charge < -0.3 is 24.3 Å². The number of amides is 2. The Hall–Kier alpha value is -4.57. The number of nitrogens with one attached hydrogen (secondary N) is 2. The molecule has 0 bridgehead atoms. The lowest BCUT2D eigenvalue weighted by atomic mass is 10.2. The van der Waals surface area contributed by atoms with Gasteiger partial charge in [-0.15, -0.1) is 0 Å². The Morgan fingerprint density at radius 2 is 1.88 bits per heavy atom. The largest absolute Gasteiger partial charge is 0.480 e. The molecule has 0 radical (unpaired) electrons. The maximum absolute atomic E-state index is 15.4. The maximum atomic E-state index is 15.4. The maximum Gasteiger partial charge on any atom is 0.416 e. The minimum absolute atomic E-state index is 0.0568. The van der Waals surface area contributed by atoms with Gasteiger partial charge in [-0.25, -0.2) is 19.2 Å². The van der Waals surface area contributed by atoms with Gasteiger partial charge in [0.25, 0.3) is 11.5 Å². The molecular weight excluding hydrogens is 583 g/mol. The summed E-state index contributed by atoms with van der Waals surface area (Å²) in [5, 5.41) is 2.81. The zero-order valence-electron chi connectivity index (χ0n) is 22.7. The summed E-state index contributed by atoms with van der Waals surface area (Å²) in [5.74, 6) is 0.313. The second-order valence-electron chi connectivity index (χ2n) is 11.1. The summed E-state index contributed by atoms with van der Waals surface area (Å²) in [5.41, 5.74) is -0.565. The van der Waals surface area contributed by atoms with Crippen molar-refractivity contribution in [2.24, 2.45) is 0 Å². The Balaban J connectivity index is 0.973. The van der Waals surface area contributed by atoms with Crippen molar-refractivity contribution in [3.05, 3.63) is 44.6 Å². The van der Waals surface area contributed by atoms with Gasteiger partial charge in [-0.2, -0.15) is 0 Å². The number of carbonyl (C=O) groups excluding carboxylic acids is 2. The Morgan fingerprint density at radius 3 is 2.67 bits per heavy atom. The number of hydrogen-bond donors (Lipinski definition) is 2. The van der Waals surface area contributed by atoms with Gasteiger partial charge in [0, 0.05) is 38.8 Å². The van der Waals surface area contributed by atoms with E-state index in [-0.39, 0.29) is 41.0 Å². The van der Waals surface area contributed by atoms with Gasteiger partial charge in [-0.05, 0) is 42.6 Å². The quantitative estimate of drug-likeness (QED) is 0.342. The van der Waals surface area contributed by atoms with Crippen LogP contribution in [0.3, 0.4) is 0 Å². The van der Waals surface area contributed by atoms with E-state index in [1.165, 1.54) is 11.0 Å². The van der Waals surface area contributed by atoms with Crippen LogP contribution in [0.15, 0.2) is 27.8 Å². The highest BCUT2D eigenvalue weighted by Crippen LogP contribution is 2.40. The second-order valence-corrected chi connectivity index (χ2v) is 11.9. The van der Waals surface area contributed by atoms with E-state index in [9.17, 15) is 19.2 Å². The number of nitrogens with zero attached hydrogens (tertiary/aromatic N) is 6. The molecule has 8 rings (SSSR count). The van der Waals surface area contributed by atoms with Gasteiger partial charge in [0.05, 0.1) is 11.9 Å². The predicted molar refractivity (Wildman–Crippen MR) is 155 cm³/mol. The number of aromatic nitrogens is 4. The average Bonchev–Trinajstić information content (AvgIpc) is 3.66. The van der Waals surface area contributed by atoms with E-state index in [1.807, 2.05) is 9.47 Å². The summed E-state index contributed by atoms with van der Waals surface area (Å²) in [7, 11) is 0. The summed E-state index contributed by atoms with van der Waals surface area (Å²) in [6, 6.07) is 4.63. The minimum Gasteiger partial charge on any atom is -0.480 e. The van der Waals surface area contributed by atoms with Crippen LogP contribution >= 0.6 is 11.5 Å². The van der Waals surface area contributed by atoms with Gasteiger partial charge in [-0.1, -0.05) is 0 Å². The lowest BCUT2D eigenvalue weighted by molar-refractivity contribution is -0.118. The number of piperazine rings is 1. The number of pyridine rings is 3. The fourth-order valence-corrected chi connectivity index (χ4v) is 6.86. The Kier molecular flexibility index (Phi) is 5.91. The lowest BCUT2D eigenvalue weighted by Crippen LogP contribution is -2.49. The number of rotatable bonds is 5. The van der Waals surface area contributed by atoms with Crippen molar-refractivity contribution < 1.29 is 23.5 Å². The minimum atomic E-state index is -0.606. The number of cyclic esters (lactones) is 1. The van der Waals surface area contributed by atoms with Crippen LogP contribution in [0.5, 0.6) is 5.75 Å². The molecule has 4 aromatic heterocycles. The Morgan fingerprint density at radius 1 is 1.07 bits per heavy atom. The molecule has 0 aromatic carbocycles. The molecule has 4 aromatic rings. The number of anilines is 3. The van der Waals surface area contributed by atoms with Crippen LogP contribution in [0.4, 0.5) is 26.6 Å². The third-order valence-electron chi connectivity index (χ3n) is 8.19. The summed E-state index contributed by atoms with van der Waals surface area (Å²) in [6.45, 7) is 2.84. The van der Waals surface area contributed by atoms with Crippen LogP contribution in [0.25, 0.3) is 21.3 Å². The second kappa shape index (κ2) is 9.74. The van der Waals surface area contributed by atoms with Crippen LogP contribution in [-0.2, 0) is 9.53 Å². The fourth-order valence-electron chi connectivity index (χ4n) is 5.95. The van der Waals surface area contributed by atoms with E-state index in [0.29, 0.717) is 61.3 Å². The Labute approximate surface area is 245 Å². The van der Waals surface area contributed by atoms with Crippen molar-refractivity contribution >= 4 is 62.2 Å². The van der Waals surface area contributed by atoms with Crippen LogP contribution in [-0.4, -0.2) is 87.8 Å². The molecule has 3 fully saturated rings. The highest BCUT2D eigenvalue weighted by molar-refractivity contribution is 7.12. The molecule has 1 unspecified atom stereocenters. The zero-order valence-corrected chi connectivity index (χ0v) is 23.5. The molecule has 222 valence electrons. The molecule has 16 heteroatoms. The number of ether oxygens (including phenoxy) is 2. The first-order valence-electron chi connectivity index (χ1n) is 14.0. The van der Waals surface area contributed by atoms with Crippen LogP contribution in [0.1, 0.15) is 18.9 Å². The monoisotopic (exact) mass is 608 g/mol. The summed E-state index contributed by atoms with van der Waals surface area (Å²) < 4.78 is 30.9. The molecule has 43 heavy (non-hydrogen) atoms. The average molecular weight is 609 g/mol. The van der Waals surface area contributed by atoms with E-state index in [4.69, 9.17) is 9.47 Å². The highest BCUT2D eigenvalue weighted by atomic mass is 32.1. The van der Waals surface area contributed by atoms with E-state index >= 15 is 4.39 Å². The highest BCUT2D eigenvalue weighted by Gasteiger charge is 2.36. The molecule has 0 spiro atoms. The fraction of sp³-hybridized carbons (Fsp3) is 0.407. The number of aromatic amines is 1. The van der Waals surface area contributed by atoms with Crippen LogP contribution in [0, 0.1) is 5.82 Å². The number of H-pyrrole nitrogens is 1. The van der Waals surface area contributed by atoms with E-state index in [1.54, 1.807) is 12.1 Å². The van der Waals surface area contributed by atoms with E-state index < -0.39 is 29.0 Å². The zero-order chi connectivity index (χ0) is 29.4. The summed E-state index contributed by atoms with van der Waals surface area (Å²) in [6.07, 6.45) is 0.887. The first kappa shape index (κ1) is 26.1. The van der Waals surface area contributed by atoms with E-state index in [0.717, 1.165) is 24.4 Å². The normalized spacial score (nSPS) is 20.8. The molecule has 3 aliphatic heterocycles. The molecule has 2 saturated heterocycles. The SMILES string of the molecule is O=C1COc2ccc(N3CC(CN4CCN(c5nc6c(cc5F)c(=O)c5c(=O)[nH]sc5n6C5CC5)CC4)OC3=O)nc2N1. The van der Waals surface area contributed by atoms with Gasteiger partial charge in [0.2, 0.25) is 5.43 Å². The van der Waals surface area contributed by atoms with Crippen LogP contribution in [0.2, 0.25) is 0 Å². The van der Waals surface area contributed by atoms with Crippen molar-refractivity contribution in [1.29, 1.82) is 0 Å². The standard InChI is InChI=1S/C27H25FN8O6S/c28-16-9-15-21(38)20-25(39)32-43-26(20)36(13-1-2-13)23(15)31-24(16)34-7-5-33(6-8-34)10-14-11-35(27(40)42-14)18-4-3-17-22(29-18)30-19(37)12-41-17/h3-4,9,13-14H,1-2,5-8,10-12H2,(H,32,39)(H,29,30,37). The van der Waals surface area contributed by atoms with Crippen molar-refractivity contribution in [3.8, 4) is 5.75 Å². The molecular formula is C27H25FN8O6S. The molecule has 14 nitrogen and oxygen atoms in total. The van der Waals surface area contributed by atoms with Gasteiger partial charge >= 0.3 is 6.09 Å². The predicted octanol–water partition coefficient (Wildman–Crippen LogP) is 1.65. The van der Waals surface area contributed by atoms with E-state index in [2.05, 4.69) is 24.6 Å². The third kappa shape index (κ3) is 4.39. The topological polar surface area (TPSA) is 155 Å². The molecule has 1 atom stereocenters. The summed E-state index contributed by atoms with van der Waals surface area (Å²) >= 11 is 1.11. The molecule has 2 N–H and O–H groups in total. The van der Waals surface area contributed by atoms with Gasteiger partial charge in [0.15, 0.2) is 29.8 Å². The molecule has 1 aliphatic carbocycles.